The molecule has 13 aromatic rings. The molecule has 0 aliphatic heterocycles. The summed E-state index contributed by atoms with van der Waals surface area (Å²) in [5.41, 5.74) is 17.8. The highest BCUT2D eigenvalue weighted by Gasteiger charge is 2.29. The Kier molecular flexibility index (Phi) is 9.09. The van der Waals surface area contributed by atoms with Crippen LogP contribution in [0.5, 0.6) is 0 Å². The molecule has 4 nitrogen and oxygen atoms in total. The first-order chi connectivity index (χ1) is 34.8. The van der Waals surface area contributed by atoms with Gasteiger partial charge in [-0.2, -0.15) is 0 Å². The molecule has 9 aromatic carbocycles. The number of hydrogen-bond donors (Lipinski definition) is 0. The standard InChI is InChI=1S/C66H54N4/c1-7-19-43(20-8-1)45-31-33-53-59(39-45)69-61-41-56-52-36-38-58(68(49-27-15-5-16-28-49)50-29-17-6-18-30-50)64-54-34-32-46(44-21-9-2-10-22-44)40-60(54)70(66(52)64)62(56)42-55(61)51-35-37-57(63(53)65(51)69)67(47-23-11-3-12-24-47)48-25-13-4-14-26-48/h3-6,11-18,23-44H,1-2,7-10,19-22H2. The van der Waals surface area contributed by atoms with Gasteiger partial charge in [0.2, 0.25) is 0 Å². The van der Waals surface area contributed by atoms with Crippen LogP contribution in [0.25, 0.3) is 76.2 Å². The Morgan fingerprint density at radius 2 is 0.629 bits per heavy atom. The Hall–Kier alpha value is -7.82. The quantitative estimate of drug-likeness (QED) is 0.151. The van der Waals surface area contributed by atoms with Crippen molar-refractivity contribution in [1.82, 2.24) is 8.80 Å². The summed E-state index contributed by atoms with van der Waals surface area (Å²) < 4.78 is 5.31. The predicted octanol–water partition coefficient (Wildman–Crippen LogP) is 19.0. The van der Waals surface area contributed by atoms with Crippen molar-refractivity contribution in [2.75, 3.05) is 9.80 Å². The third kappa shape index (κ3) is 5.95. The molecule has 0 unspecified atom stereocenters. The van der Waals surface area contributed by atoms with Crippen LogP contribution in [0, 0.1) is 0 Å². The molecule has 0 bridgehead atoms. The van der Waals surface area contributed by atoms with E-state index in [1.165, 1.54) is 163 Å². The van der Waals surface area contributed by atoms with E-state index in [2.05, 4.69) is 213 Å². The maximum atomic E-state index is 2.66. The topological polar surface area (TPSA) is 15.3 Å². The Morgan fingerprint density at radius 1 is 0.300 bits per heavy atom. The first-order valence-electron chi connectivity index (χ1n) is 26.0. The second kappa shape index (κ2) is 15.9. The maximum Gasteiger partial charge on any atom is 0.0641 e. The zero-order valence-corrected chi connectivity index (χ0v) is 39.5. The van der Waals surface area contributed by atoms with Crippen molar-refractivity contribution in [2.45, 2.75) is 76.0 Å². The van der Waals surface area contributed by atoms with E-state index in [-0.39, 0.29) is 0 Å². The molecule has 338 valence electrons. The molecule has 0 amide bonds. The van der Waals surface area contributed by atoms with Crippen LogP contribution in [0.1, 0.15) is 87.2 Å². The molecule has 4 aromatic heterocycles. The average molecular weight is 903 g/mol. The van der Waals surface area contributed by atoms with E-state index >= 15 is 0 Å². The Morgan fingerprint density at radius 3 is 0.986 bits per heavy atom. The monoisotopic (exact) mass is 902 g/mol. The van der Waals surface area contributed by atoms with E-state index in [0.717, 1.165) is 22.7 Å². The number of nitrogens with zero attached hydrogens (tertiary/aromatic N) is 4. The Balaban J connectivity index is 1.06. The molecular formula is C66H54N4. The van der Waals surface area contributed by atoms with Gasteiger partial charge in [0, 0.05) is 65.8 Å². The van der Waals surface area contributed by atoms with Crippen molar-refractivity contribution in [2.24, 2.45) is 0 Å². The lowest BCUT2D eigenvalue weighted by molar-refractivity contribution is 0.444. The fourth-order valence-corrected chi connectivity index (χ4v) is 13.5. The van der Waals surface area contributed by atoms with Crippen molar-refractivity contribution in [3.63, 3.8) is 0 Å². The maximum absolute atomic E-state index is 2.66. The Labute approximate surface area is 408 Å². The van der Waals surface area contributed by atoms with Crippen molar-refractivity contribution in [3.8, 4) is 0 Å². The zero-order valence-electron chi connectivity index (χ0n) is 39.5. The van der Waals surface area contributed by atoms with Gasteiger partial charge in [0.05, 0.1) is 44.5 Å². The Bertz CT molecular complexity index is 3720. The van der Waals surface area contributed by atoms with Crippen LogP contribution in [-0.2, 0) is 0 Å². The molecule has 0 spiro atoms. The molecule has 2 aliphatic rings. The third-order valence-electron chi connectivity index (χ3n) is 16.7. The van der Waals surface area contributed by atoms with Gasteiger partial charge in [-0.05, 0) is 134 Å². The number of fused-ring (bicyclic) bond motifs is 12. The van der Waals surface area contributed by atoms with E-state index in [4.69, 9.17) is 0 Å². The summed E-state index contributed by atoms with van der Waals surface area (Å²) >= 11 is 0. The second-order valence-electron chi connectivity index (χ2n) is 20.5. The summed E-state index contributed by atoms with van der Waals surface area (Å²) in [6.45, 7) is 0. The van der Waals surface area contributed by atoms with E-state index in [1.54, 1.807) is 0 Å². The van der Waals surface area contributed by atoms with Gasteiger partial charge in [0.1, 0.15) is 0 Å². The van der Waals surface area contributed by atoms with Gasteiger partial charge in [-0.25, -0.2) is 0 Å². The minimum atomic E-state index is 0.602. The van der Waals surface area contributed by atoms with Crippen LogP contribution in [-0.4, -0.2) is 8.80 Å². The molecule has 0 saturated heterocycles. The van der Waals surface area contributed by atoms with Crippen molar-refractivity contribution in [3.05, 3.63) is 205 Å². The van der Waals surface area contributed by atoms with Crippen molar-refractivity contribution in [1.29, 1.82) is 0 Å². The highest BCUT2D eigenvalue weighted by Crippen LogP contribution is 2.52. The normalized spacial score (nSPS) is 15.3. The summed E-state index contributed by atoms with van der Waals surface area (Å²) in [5.74, 6) is 1.20. The van der Waals surface area contributed by atoms with E-state index < -0.39 is 0 Å². The van der Waals surface area contributed by atoms with Crippen LogP contribution < -0.4 is 9.80 Å². The largest absolute Gasteiger partial charge is 0.310 e. The molecule has 4 heteroatoms. The average Bonchev–Trinajstić information content (AvgIpc) is 4.16. The lowest BCUT2D eigenvalue weighted by Crippen LogP contribution is -2.10. The van der Waals surface area contributed by atoms with Gasteiger partial charge in [-0.3, -0.25) is 0 Å². The predicted molar refractivity (Wildman–Crippen MR) is 297 cm³/mol. The number of para-hydroxylation sites is 4. The van der Waals surface area contributed by atoms with Crippen LogP contribution in [0.2, 0.25) is 0 Å². The molecule has 2 fully saturated rings. The molecule has 0 N–H and O–H groups in total. The number of benzene rings is 9. The van der Waals surface area contributed by atoms with E-state index in [0.29, 0.717) is 11.8 Å². The number of hydrogen-bond acceptors (Lipinski definition) is 2. The van der Waals surface area contributed by atoms with Gasteiger partial charge < -0.3 is 18.6 Å². The molecule has 0 radical (unpaired) electrons. The molecule has 70 heavy (non-hydrogen) atoms. The summed E-state index contributed by atoms with van der Waals surface area (Å²) in [6.07, 6.45) is 13.1. The van der Waals surface area contributed by atoms with E-state index in [9.17, 15) is 0 Å². The highest BCUT2D eigenvalue weighted by molar-refractivity contribution is 6.32. The number of aromatic nitrogens is 2. The van der Waals surface area contributed by atoms with Crippen molar-refractivity contribution < 1.29 is 0 Å². The fraction of sp³-hybridized carbons (Fsp3) is 0.182. The summed E-state index contributed by atoms with van der Waals surface area (Å²) in [4.78, 5) is 4.94. The van der Waals surface area contributed by atoms with Crippen molar-refractivity contribution >= 4 is 110 Å². The van der Waals surface area contributed by atoms with Gasteiger partial charge in [-0.1, -0.05) is 148 Å². The summed E-state index contributed by atoms with van der Waals surface area (Å²) in [7, 11) is 0. The lowest BCUT2D eigenvalue weighted by Gasteiger charge is -2.26. The second-order valence-corrected chi connectivity index (χ2v) is 20.5. The van der Waals surface area contributed by atoms with Gasteiger partial charge in [0.25, 0.3) is 0 Å². The molecule has 4 heterocycles. The summed E-state index contributed by atoms with van der Waals surface area (Å²) in [6, 6.07) is 73.5. The summed E-state index contributed by atoms with van der Waals surface area (Å²) in [5, 5.41) is 10.5. The minimum absolute atomic E-state index is 0.602. The van der Waals surface area contributed by atoms with Crippen LogP contribution in [0.15, 0.2) is 194 Å². The SMILES string of the molecule is c1ccc(N(c2ccccc2)c2ccc3c4cc5c(cc4n4c6cc(C7CCCCC7)ccc6c2c34)c2ccc(N(c3ccccc3)c3ccccc3)c3c4ccc(C6CCCCC6)cc4n5c23)cc1. The number of anilines is 6. The van der Waals surface area contributed by atoms with E-state index in [1.807, 2.05) is 0 Å². The molecule has 0 atom stereocenters. The third-order valence-corrected chi connectivity index (χ3v) is 16.7. The van der Waals surface area contributed by atoms with Gasteiger partial charge in [0.15, 0.2) is 0 Å². The zero-order chi connectivity index (χ0) is 45.9. The van der Waals surface area contributed by atoms with Crippen LogP contribution >= 0.6 is 0 Å². The fourth-order valence-electron chi connectivity index (χ4n) is 13.5. The van der Waals surface area contributed by atoms with Crippen LogP contribution in [0.4, 0.5) is 34.1 Å². The molecule has 15 rings (SSSR count). The van der Waals surface area contributed by atoms with Gasteiger partial charge >= 0.3 is 0 Å². The molecule has 2 aliphatic carbocycles. The van der Waals surface area contributed by atoms with Gasteiger partial charge in [-0.15, -0.1) is 0 Å². The lowest BCUT2D eigenvalue weighted by atomic mass is 9.84. The first-order valence-corrected chi connectivity index (χ1v) is 26.0. The first kappa shape index (κ1) is 40.1. The minimum Gasteiger partial charge on any atom is -0.310 e. The highest BCUT2D eigenvalue weighted by atomic mass is 15.2. The molecule has 2 saturated carbocycles. The van der Waals surface area contributed by atoms with Crippen LogP contribution in [0.3, 0.4) is 0 Å². The number of rotatable bonds is 8. The molecular weight excluding hydrogens is 849 g/mol. The smallest absolute Gasteiger partial charge is 0.0641 e.